The van der Waals surface area contributed by atoms with E-state index in [0.29, 0.717) is 32.9 Å². The average molecular weight is 316 g/mol. The molecule has 2 saturated heterocycles. The van der Waals surface area contributed by atoms with Gasteiger partial charge in [-0.1, -0.05) is 12.1 Å². The fraction of sp³-hybridized carbons (Fsp3) is 0.529. The van der Waals surface area contributed by atoms with Crippen molar-refractivity contribution in [1.82, 2.24) is 9.88 Å². The normalized spacial score (nSPS) is 23.3. The lowest BCUT2D eigenvalue weighted by Gasteiger charge is -2.34. The van der Waals surface area contributed by atoms with Crippen molar-refractivity contribution in [2.45, 2.75) is 24.9 Å². The number of oxazole rings is 1. The zero-order valence-corrected chi connectivity index (χ0v) is 12.9. The zero-order valence-electron chi connectivity index (χ0n) is 12.9. The van der Waals surface area contributed by atoms with E-state index in [2.05, 4.69) is 4.98 Å². The molecule has 6 nitrogen and oxygen atoms in total. The maximum absolute atomic E-state index is 12.4. The summed E-state index contributed by atoms with van der Waals surface area (Å²) in [6.45, 7) is 2.85. The van der Waals surface area contributed by atoms with Crippen molar-refractivity contribution < 1.29 is 18.7 Å². The number of hydrogen-bond acceptors (Lipinski definition) is 5. The van der Waals surface area contributed by atoms with Crippen LogP contribution in [0.3, 0.4) is 0 Å². The zero-order chi connectivity index (χ0) is 15.6. The molecule has 23 heavy (non-hydrogen) atoms. The van der Waals surface area contributed by atoms with Gasteiger partial charge in [0.2, 0.25) is 0 Å². The molecule has 4 rings (SSSR count). The van der Waals surface area contributed by atoms with E-state index in [0.717, 1.165) is 29.8 Å². The van der Waals surface area contributed by atoms with Crippen molar-refractivity contribution in [3.05, 3.63) is 30.2 Å². The number of aromatic nitrogens is 1. The minimum atomic E-state index is -0.440. The molecule has 1 amide bonds. The maximum Gasteiger partial charge on any atom is 0.254 e. The summed E-state index contributed by atoms with van der Waals surface area (Å²) in [7, 11) is 0. The molecule has 1 aromatic carbocycles. The monoisotopic (exact) mass is 316 g/mol. The summed E-state index contributed by atoms with van der Waals surface area (Å²) in [5.41, 5.74) is 1.72. The van der Waals surface area contributed by atoms with Gasteiger partial charge >= 0.3 is 0 Å². The number of benzene rings is 1. The number of para-hydroxylation sites is 2. The highest BCUT2D eigenvalue weighted by atomic mass is 16.6. The summed E-state index contributed by atoms with van der Waals surface area (Å²) in [6.07, 6.45) is 1.29. The van der Waals surface area contributed by atoms with E-state index < -0.39 is 6.10 Å². The van der Waals surface area contributed by atoms with Gasteiger partial charge < -0.3 is 18.8 Å². The Hall–Kier alpha value is -1.92. The van der Waals surface area contributed by atoms with Gasteiger partial charge in [0, 0.05) is 19.0 Å². The summed E-state index contributed by atoms with van der Waals surface area (Å²) in [6, 6.07) is 7.80. The van der Waals surface area contributed by atoms with Crippen LogP contribution in [0.2, 0.25) is 0 Å². The number of amides is 1. The topological polar surface area (TPSA) is 64.8 Å². The van der Waals surface area contributed by atoms with Crippen LogP contribution in [-0.4, -0.2) is 54.8 Å². The predicted molar refractivity (Wildman–Crippen MR) is 83.1 cm³/mol. The minimum absolute atomic E-state index is 0.0423. The van der Waals surface area contributed by atoms with Crippen LogP contribution in [0.1, 0.15) is 24.7 Å². The first-order valence-electron chi connectivity index (χ1n) is 8.15. The molecule has 0 aliphatic carbocycles. The lowest BCUT2D eigenvalue weighted by Crippen LogP contribution is -2.47. The van der Waals surface area contributed by atoms with Gasteiger partial charge in [0.1, 0.15) is 5.52 Å². The highest BCUT2D eigenvalue weighted by Crippen LogP contribution is 2.30. The molecule has 1 aromatic heterocycles. The van der Waals surface area contributed by atoms with Crippen LogP contribution < -0.4 is 0 Å². The van der Waals surface area contributed by atoms with Crippen LogP contribution in [0.4, 0.5) is 0 Å². The molecule has 6 heteroatoms. The Balaban J connectivity index is 1.39. The summed E-state index contributed by atoms with van der Waals surface area (Å²) in [5.74, 6) is 1.10. The number of piperidine rings is 1. The van der Waals surface area contributed by atoms with Gasteiger partial charge in [0.05, 0.1) is 19.8 Å². The lowest BCUT2D eigenvalue weighted by atomic mass is 9.96. The van der Waals surface area contributed by atoms with Gasteiger partial charge in [0.25, 0.3) is 5.91 Å². The maximum atomic E-state index is 12.4. The van der Waals surface area contributed by atoms with Crippen molar-refractivity contribution in [1.29, 1.82) is 0 Å². The van der Waals surface area contributed by atoms with E-state index in [1.165, 1.54) is 0 Å². The molecule has 2 fully saturated rings. The van der Waals surface area contributed by atoms with Gasteiger partial charge in [-0.3, -0.25) is 4.79 Å². The third-order valence-corrected chi connectivity index (χ3v) is 4.56. The van der Waals surface area contributed by atoms with Crippen LogP contribution in [0, 0.1) is 0 Å². The summed E-state index contributed by atoms with van der Waals surface area (Å²) in [4.78, 5) is 18.9. The second-order valence-electron chi connectivity index (χ2n) is 6.05. The second kappa shape index (κ2) is 6.29. The Morgan fingerprint density at radius 1 is 1.17 bits per heavy atom. The fourth-order valence-electron chi connectivity index (χ4n) is 3.25. The quantitative estimate of drug-likeness (QED) is 0.847. The van der Waals surface area contributed by atoms with Crippen LogP contribution in [-0.2, 0) is 14.3 Å². The van der Waals surface area contributed by atoms with Crippen LogP contribution in [0.15, 0.2) is 28.7 Å². The molecular formula is C17H20N2O4. The molecule has 0 radical (unpaired) electrons. The molecule has 0 spiro atoms. The third-order valence-electron chi connectivity index (χ3n) is 4.56. The SMILES string of the molecule is O=C(C1COCCO1)N1CCC(c2nc3ccccc3o2)CC1. The molecular weight excluding hydrogens is 296 g/mol. The number of rotatable bonds is 2. The Labute approximate surface area is 134 Å². The molecule has 122 valence electrons. The minimum Gasteiger partial charge on any atom is -0.440 e. The molecule has 2 aliphatic rings. The summed E-state index contributed by atoms with van der Waals surface area (Å²) >= 11 is 0. The first-order valence-corrected chi connectivity index (χ1v) is 8.15. The van der Waals surface area contributed by atoms with E-state index in [1.54, 1.807) is 0 Å². The highest BCUT2D eigenvalue weighted by Gasteiger charge is 2.32. The number of nitrogens with zero attached hydrogens (tertiary/aromatic N) is 2. The van der Waals surface area contributed by atoms with Gasteiger partial charge in [-0.25, -0.2) is 4.98 Å². The van der Waals surface area contributed by atoms with E-state index in [1.807, 2.05) is 29.2 Å². The van der Waals surface area contributed by atoms with Crippen molar-refractivity contribution >= 4 is 17.0 Å². The van der Waals surface area contributed by atoms with E-state index >= 15 is 0 Å². The summed E-state index contributed by atoms with van der Waals surface area (Å²) in [5, 5.41) is 0. The predicted octanol–water partition coefficient (Wildman–Crippen LogP) is 1.95. The van der Waals surface area contributed by atoms with Crippen LogP contribution in [0.25, 0.3) is 11.1 Å². The van der Waals surface area contributed by atoms with E-state index in [-0.39, 0.29) is 11.8 Å². The molecule has 2 aromatic rings. The first-order chi connectivity index (χ1) is 11.3. The smallest absolute Gasteiger partial charge is 0.254 e. The van der Waals surface area contributed by atoms with Crippen molar-refractivity contribution in [3.63, 3.8) is 0 Å². The van der Waals surface area contributed by atoms with Crippen molar-refractivity contribution in [2.75, 3.05) is 32.9 Å². The molecule has 1 atom stereocenters. The average Bonchev–Trinajstić information content (AvgIpc) is 3.06. The fourth-order valence-corrected chi connectivity index (χ4v) is 3.25. The Morgan fingerprint density at radius 3 is 2.74 bits per heavy atom. The van der Waals surface area contributed by atoms with Gasteiger partial charge in [-0.05, 0) is 25.0 Å². The van der Waals surface area contributed by atoms with Gasteiger partial charge in [-0.15, -0.1) is 0 Å². The number of ether oxygens (including phenoxy) is 2. The number of hydrogen-bond donors (Lipinski definition) is 0. The standard InChI is InChI=1S/C17H20N2O4/c20-17(15-11-21-9-10-22-15)19-7-5-12(6-8-19)16-18-13-3-1-2-4-14(13)23-16/h1-4,12,15H,5-11H2. The first kappa shape index (κ1) is 14.7. The van der Waals surface area contributed by atoms with Crippen molar-refractivity contribution in [2.24, 2.45) is 0 Å². The number of carbonyl (C=O) groups excluding carboxylic acids is 1. The lowest BCUT2D eigenvalue weighted by molar-refractivity contribution is -0.159. The Morgan fingerprint density at radius 2 is 2.00 bits per heavy atom. The van der Waals surface area contributed by atoms with E-state index in [9.17, 15) is 4.79 Å². The van der Waals surface area contributed by atoms with E-state index in [4.69, 9.17) is 13.9 Å². The Bertz CT molecular complexity index is 652. The number of likely N-dealkylation sites (tertiary alicyclic amines) is 1. The van der Waals surface area contributed by atoms with Gasteiger partial charge in [-0.2, -0.15) is 0 Å². The molecule has 0 bridgehead atoms. The number of fused-ring (bicyclic) bond motifs is 1. The third kappa shape index (κ3) is 2.96. The largest absolute Gasteiger partial charge is 0.440 e. The second-order valence-corrected chi connectivity index (χ2v) is 6.05. The highest BCUT2D eigenvalue weighted by molar-refractivity contribution is 5.81. The molecule has 3 heterocycles. The molecule has 1 unspecified atom stereocenters. The molecule has 0 saturated carbocycles. The number of carbonyl (C=O) groups is 1. The van der Waals surface area contributed by atoms with Crippen molar-refractivity contribution in [3.8, 4) is 0 Å². The molecule has 2 aliphatic heterocycles. The van der Waals surface area contributed by atoms with Crippen LogP contribution in [0.5, 0.6) is 0 Å². The Kier molecular flexibility index (Phi) is 4.01. The van der Waals surface area contributed by atoms with Crippen LogP contribution >= 0.6 is 0 Å². The molecule has 0 N–H and O–H groups in total. The van der Waals surface area contributed by atoms with Gasteiger partial charge in [0.15, 0.2) is 17.6 Å². The summed E-state index contributed by atoms with van der Waals surface area (Å²) < 4.78 is 16.7.